The van der Waals surface area contributed by atoms with E-state index in [1.165, 1.54) is 0 Å². The Bertz CT molecular complexity index is 812. The molecule has 0 bridgehead atoms. The molecular formula is C21H23N3O3. The third-order valence-corrected chi connectivity index (χ3v) is 4.33. The second kappa shape index (κ2) is 9.00. The molecule has 1 aliphatic heterocycles. The molecule has 6 heteroatoms. The highest BCUT2D eigenvalue weighted by molar-refractivity contribution is 6.09. The molecule has 3 rings (SSSR count). The Balaban J connectivity index is 1.70. The maximum atomic E-state index is 12.6. The highest BCUT2D eigenvalue weighted by Gasteiger charge is 2.15. The van der Waals surface area contributed by atoms with Gasteiger partial charge in [0.1, 0.15) is 0 Å². The first-order valence-corrected chi connectivity index (χ1v) is 8.91. The first-order valence-electron chi connectivity index (χ1n) is 8.91. The Hall–Kier alpha value is -3.12. The van der Waals surface area contributed by atoms with Crippen LogP contribution in [0.2, 0.25) is 0 Å². The summed E-state index contributed by atoms with van der Waals surface area (Å²) in [5.41, 5.74) is 2.49. The first-order chi connectivity index (χ1) is 13.2. The zero-order chi connectivity index (χ0) is 19.1. The molecule has 6 nitrogen and oxygen atoms in total. The fourth-order valence-electron chi connectivity index (χ4n) is 2.89. The molecule has 0 aliphatic carbocycles. The summed E-state index contributed by atoms with van der Waals surface area (Å²) < 4.78 is 5.36. The predicted molar refractivity (Wildman–Crippen MR) is 106 cm³/mol. The van der Waals surface area contributed by atoms with Crippen molar-refractivity contribution in [3.05, 3.63) is 72.3 Å². The van der Waals surface area contributed by atoms with Gasteiger partial charge in [-0.05, 0) is 36.4 Å². The lowest BCUT2D eigenvalue weighted by molar-refractivity contribution is 0.0959. The Morgan fingerprint density at radius 1 is 1.04 bits per heavy atom. The molecule has 0 atom stereocenters. The fourth-order valence-corrected chi connectivity index (χ4v) is 2.89. The number of hydrogen-bond acceptors (Lipinski definition) is 4. The molecule has 27 heavy (non-hydrogen) atoms. The molecule has 2 amide bonds. The molecule has 0 radical (unpaired) electrons. The van der Waals surface area contributed by atoms with E-state index in [4.69, 9.17) is 4.74 Å². The number of carbonyl (C=O) groups excluding carboxylic acids is 2. The van der Waals surface area contributed by atoms with E-state index in [2.05, 4.69) is 22.1 Å². The van der Waals surface area contributed by atoms with E-state index in [1.54, 1.807) is 42.5 Å². The van der Waals surface area contributed by atoms with Crippen molar-refractivity contribution in [1.82, 2.24) is 5.32 Å². The molecule has 1 heterocycles. The predicted octanol–water partition coefficient (Wildman–Crippen LogP) is 2.69. The smallest absolute Gasteiger partial charge is 0.255 e. The van der Waals surface area contributed by atoms with E-state index in [0.29, 0.717) is 36.6 Å². The highest BCUT2D eigenvalue weighted by Crippen LogP contribution is 2.19. The van der Waals surface area contributed by atoms with Gasteiger partial charge in [0.15, 0.2) is 0 Å². The Morgan fingerprint density at radius 2 is 1.74 bits per heavy atom. The van der Waals surface area contributed by atoms with Crippen molar-refractivity contribution in [3.63, 3.8) is 0 Å². The van der Waals surface area contributed by atoms with E-state index in [1.807, 2.05) is 12.1 Å². The Kier molecular flexibility index (Phi) is 6.22. The number of carbonyl (C=O) groups is 2. The van der Waals surface area contributed by atoms with E-state index in [-0.39, 0.29) is 11.8 Å². The van der Waals surface area contributed by atoms with Crippen molar-refractivity contribution in [3.8, 4) is 0 Å². The van der Waals surface area contributed by atoms with Crippen LogP contribution in [-0.2, 0) is 4.74 Å². The van der Waals surface area contributed by atoms with Gasteiger partial charge in [-0.2, -0.15) is 0 Å². The number of anilines is 2. The molecule has 1 aliphatic rings. The average molecular weight is 365 g/mol. The van der Waals surface area contributed by atoms with Crippen molar-refractivity contribution in [2.24, 2.45) is 0 Å². The zero-order valence-electron chi connectivity index (χ0n) is 15.1. The van der Waals surface area contributed by atoms with Gasteiger partial charge in [0.05, 0.1) is 24.5 Å². The summed E-state index contributed by atoms with van der Waals surface area (Å²) in [7, 11) is 0. The number of hydrogen-bond donors (Lipinski definition) is 2. The molecular weight excluding hydrogens is 342 g/mol. The molecule has 0 unspecified atom stereocenters. The van der Waals surface area contributed by atoms with Gasteiger partial charge < -0.3 is 20.3 Å². The third-order valence-electron chi connectivity index (χ3n) is 4.33. The molecule has 2 aromatic carbocycles. The van der Waals surface area contributed by atoms with Crippen LogP contribution in [0.3, 0.4) is 0 Å². The van der Waals surface area contributed by atoms with Gasteiger partial charge in [0, 0.05) is 30.9 Å². The van der Waals surface area contributed by atoms with E-state index >= 15 is 0 Å². The van der Waals surface area contributed by atoms with Gasteiger partial charge in [0.2, 0.25) is 0 Å². The first kappa shape index (κ1) is 18.7. The van der Waals surface area contributed by atoms with Crippen molar-refractivity contribution in [1.29, 1.82) is 0 Å². The summed E-state index contributed by atoms with van der Waals surface area (Å²) in [6.07, 6.45) is 1.61. The van der Waals surface area contributed by atoms with E-state index < -0.39 is 0 Å². The van der Waals surface area contributed by atoms with Crippen LogP contribution in [-0.4, -0.2) is 44.7 Å². The minimum absolute atomic E-state index is 0.256. The molecule has 1 saturated heterocycles. The minimum atomic E-state index is -0.257. The summed E-state index contributed by atoms with van der Waals surface area (Å²) in [6, 6.07) is 14.4. The van der Waals surface area contributed by atoms with Gasteiger partial charge in [-0.15, -0.1) is 6.58 Å². The van der Waals surface area contributed by atoms with Gasteiger partial charge in [0.25, 0.3) is 11.8 Å². The largest absolute Gasteiger partial charge is 0.378 e. The average Bonchev–Trinajstić information content (AvgIpc) is 2.73. The molecule has 2 aromatic rings. The monoisotopic (exact) mass is 365 g/mol. The van der Waals surface area contributed by atoms with Gasteiger partial charge in [-0.25, -0.2) is 0 Å². The van der Waals surface area contributed by atoms with Gasteiger partial charge in [-0.1, -0.05) is 18.2 Å². The number of rotatable bonds is 6. The lowest BCUT2D eigenvalue weighted by Crippen LogP contribution is -2.36. The lowest BCUT2D eigenvalue weighted by atomic mass is 10.1. The van der Waals surface area contributed by atoms with Crippen LogP contribution in [0.25, 0.3) is 0 Å². The molecule has 1 fully saturated rings. The molecule has 2 N–H and O–H groups in total. The normalized spacial score (nSPS) is 13.7. The number of para-hydroxylation sites is 1. The number of nitrogens with zero attached hydrogens (tertiary/aromatic N) is 1. The third kappa shape index (κ3) is 4.74. The fraction of sp³-hybridized carbons (Fsp3) is 0.238. The quantitative estimate of drug-likeness (QED) is 0.772. The zero-order valence-corrected chi connectivity index (χ0v) is 15.1. The van der Waals surface area contributed by atoms with Crippen molar-refractivity contribution in [2.75, 3.05) is 43.1 Å². The van der Waals surface area contributed by atoms with Crippen LogP contribution < -0.4 is 15.5 Å². The van der Waals surface area contributed by atoms with Crippen LogP contribution >= 0.6 is 0 Å². The van der Waals surface area contributed by atoms with Crippen LogP contribution in [0.1, 0.15) is 20.7 Å². The number of amides is 2. The van der Waals surface area contributed by atoms with Gasteiger partial charge in [-0.3, -0.25) is 9.59 Å². The van der Waals surface area contributed by atoms with Gasteiger partial charge >= 0.3 is 0 Å². The number of morpholine rings is 1. The number of ether oxygens (including phenoxy) is 1. The summed E-state index contributed by atoms with van der Waals surface area (Å²) in [4.78, 5) is 27.1. The van der Waals surface area contributed by atoms with Crippen LogP contribution in [0.4, 0.5) is 11.4 Å². The second-order valence-corrected chi connectivity index (χ2v) is 6.14. The van der Waals surface area contributed by atoms with E-state index in [9.17, 15) is 9.59 Å². The summed E-state index contributed by atoms with van der Waals surface area (Å²) in [5.74, 6) is -0.513. The Labute approximate surface area is 158 Å². The lowest BCUT2D eigenvalue weighted by Gasteiger charge is -2.28. The SMILES string of the molecule is C=CCNC(=O)c1ccccc1NC(=O)c1ccc(N2CCOCC2)cc1. The number of nitrogens with one attached hydrogen (secondary N) is 2. The van der Waals surface area contributed by atoms with Crippen molar-refractivity contribution in [2.45, 2.75) is 0 Å². The summed E-state index contributed by atoms with van der Waals surface area (Å²) >= 11 is 0. The second-order valence-electron chi connectivity index (χ2n) is 6.14. The molecule has 0 aromatic heterocycles. The summed E-state index contributed by atoms with van der Waals surface area (Å²) in [6.45, 7) is 7.07. The molecule has 0 spiro atoms. The minimum Gasteiger partial charge on any atom is -0.378 e. The van der Waals surface area contributed by atoms with E-state index in [0.717, 1.165) is 18.8 Å². The summed E-state index contributed by atoms with van der Waals surface area (Å²) in [5, 5.41) is 5.55. The number of benzene rings is 2. The van der Waals surface area contributed by atoms with Crippen molar-refractivity contribution >= 4 is 23.2 Å². The Morgan fingerprint density at radius 3 is 2.44 bits per heavy atom. The van der Waals surface area contributed by atoms with Crippen LogP contribution in [0.15, 0.2) is 61.2 Å². The maximum absolute atomic E-state index is 12.6. The van der Waals surface area contributed by atoms with Crippen LogP contribution in [0.5, 0.6) is 0 Å². The molecule has 140 valence electrons. The van der Waals surface area contributed by atoms with Crippen LogP contribution in [0, 0.1) is 0 Å². The molecule has 0 saturated carbocycles. The standard InChI is InChI=1S/C21H23N3O3/c1-2-11-22-21(26)18-5-3-4-6-19(18)23-20(25)16-7-9-17(10-8-16)24-12-14-27-15-13-24/h2-10H,1,11-15H2,(H,22,26)(H,23,25). The topological polar surface area (TPSA) is 70.7 Å². The highest BCUT2D eigenvalue weighted by atomic mass is 16.5. The van der Waals surface area contributed by atoms with Crippen molar-refractivity contribution < 1.29 is 14.3 Å². The maximum Gasteiger partial charge on any atom is 0.255 e.